The maximum absolute atomic E-state index is 13.0. The second-order valence-electron chi connectivity index (χ2n) is 7.13. The van der Waals surface area contributed by atoms with E-state index in [0.29, 0.717) is 6.54 Å². The highest BCUT2D eigenvalue weighted by Gasteiger charge is 2.44. The van der Waals surface area contributed by atoms with Gasteiger partial charge in [-0.2, -0.15) is 4.31 Å². The third-order valence-corrected chi connectivity index (χ3v) is 7.24. The number of amides is 1. The van der Waals surface area contributed by atoms with E-state index in [0.717, 1.165) is 19.3 Å². The van der Waals surface area contributed by atoms with Crippen LogP contribution in [-0.4, -0.2) is 61.0 Å². The van der Waals surface area contributed by atoms with Crippen LogP contribution in [-0.2, 0) is 19.6 Å². The zero-order chi connectivity index (χ0) is 19.7. The highest BCUT2D eigenvalue weighted by molar-refractivity contribution is 7.89. The molecule has 1 amide bonds. The van der Waals surface area contributed by atoms with Gasteiger partial charge in [0.2, 0.25) is 10.0 Å². The maximum atomic E-state index is 13.0. The summed E-state index contributed by atoms with van der Waals surface area (Å²) >= 11 is 0. The van der Waals surface area contributed by atoms with Crippen LogP contribution in [0.15, 0.2) is 29.2 Å². The Hall–Kier alpha value is -1.97. The van der Waals surface area contributed by atoms with E-state index < -0.39 is 27.4 Å². The minimum atomic E-state index is -3.71. The predicted molar refractivity (Wildman–Crippen MR) is 96.9 cm³/mol. The number of carboxylic acid groups (broad SMARTS) is 1. The summed E-state index contributed by atoms with van der Waals surface area (Å²) in [4.78, 5) is 24.2. The van der Waals surface area contributed by atoms with Crippen LogP contribution in [0.4, 0.5) is 0 Å². The molecule has 3 rings (SSSR count). The highest BCUT2D eigenvalue weighted by atomic mass is 32.2. The second kappa shape index (κ2) is 7.57. The first-order chi connectivity index (χ1) is 12.8. The number of carbonyl (C=O) groups excluding carboxylic acids is 1. The van der Waals surface area contributed by atoms with Gasteiger partial charge in [0.25, 0.3) is 5.91 Å². The van der Waals surface area contributed by atoms with Crippen LogP contribution in [0.3, 0.4) is 0 Å². The molecular weight excluding hydrogens is 372 g/mol. The van der Waals surface area contributed by atoms with E-state index in [2.05, 4.69) is 5.32 Å². The fraction of sp³-hybridized carbons (Fsp3) is 0.556. The molecule has 0 radical (unpaired) electrons. The molecule has 1 aromatic rings. The van der Waals surface area contributed by atoms with E-state index in [9.17, 15) is 23.1 Å². The lowest BCUT2D eigenvalue weighted by molar-refractivity contribution is -0.144. The van der Waals surface area contributed by atoms with Gasteiger partial charge in [0.05, 0.1) is 11.5 Å². The topological polar surface area (TPSA) is 113 Å². The molecule has 2 aliphatic heterocycles. The molecule has 2 unspecified atom stereocenters. The van der Waals surface area contributed by atoms with Gasteiger partial charge in [-0.3, -0.25) is 4.79 Å². The molecule has 9 heteroatoms. The summed E-state index contributed by atoms with van der Waals surface area (Å²) in [5.74, 6) is -1.80. The molecule has 0 aromatic heterocycles. The van der Waals surface area contributed by atoms with Gasteiger partial charge in [0.1, 0.15) is 0 Å². The van der Waals surface area contributed by atoms with Crippen molar-refractivity contribution in [3.63, 3.8) is 0 Å². The Balaban J connectivity index is 1.85. The lowest BCUT2D eigenvalue weighted by atomic mass is 9.98. The van der Waals surface area contributed by atoms with Crippen LogP contribution in [0.1, 0.15) is 43.0 Å². The number of carboxylic acids is 1. The standard InChI is InChI=1S/C18H24N2O6S/c1-13-5-2-3-9-20(13)27(24,25)15-7-4-6-14(11-15)16(21)19-18(17(22)23)8-10-26-12-18/h4,6-7,11,13H,2-3,5,8-10,12H2,1H3,(H,19,21)(H,22,23). The lowest BCUT2D eigenvalue weighted by Crippen LogP contribution is -2.55. The molecule has 0 aliphatic carbocycles. The Morgan fingerprint density at radius 2 is 2.11 bits per heavy atom. The van der Waals surface area contributed by atoms with Gasteiger partial charge in [-0.25, -0.2) is 13.2 Å². The van der Waals surface area contributed by atoms with Gasteiger partial charge in [0, 0.05) is 31.2 Å². The van der Waals surface area contributed by atoms with E-state index in [1.165, 1.54) is 28.6 Å². The SMILES string of the molecule is CC1CCCCN1S(=O)(=O)c1cccc(C(=O)NC2(C(=O)O)CCOC2)c1. The van der Waals surface area contributed by atoms with Crippen LogP contribution in [0.25, 0.3) is 0 Å². The Labute approximate surface area is 158 Å². The van der Waals surface area contributed by atoms with Crippen LogP contribution >= 0.6 is 0 Å². The first kappa shape index (κ1) is 19.8. The number of nitrogens with zero attached hydrogens (tertiary/aromatic N) is 1. The smallest absolute Gasteiger partial charge is 0.331 e. The van der Waals surface area contributed by atoms with Crippen molar-refractivity contribution in [2.45, 2.75) is 49.1 Å². The first-order valence-corrected chi connectivity index (χ1v) is 10.5. The summed E-state index contributed by atoms with van der Waals surface area (Å²) in [6.07, 6.45) is 2.78. The van der Waals surface area contributed by atoms with Crippen molar-refractivity contribution in [3.05, 3.63) is 29.8 Å². The molecule has 1 aromatic carbocycles. The number of hydrogen-bond acceptors (Lipinski definition) is 5. The fourth-order valence-electron chi connectivity index (χ4n) is 3.54. The Bertz CT molecular complexity index is 832. The van der Waals surface area contributed by atoms with Gasteiger partial charge in [-0.15, -0.1) is 0 Å². The molecule has 0 saturated carbocycles. The van der Waals surface area contributed by atoms with E-state index in [1.54, 1.807) is 0 Å². The van der Waals surface area contributed by atoms with Gasteiger partial charge in [-0.1, -0.05) is 12.5 Å². The molecule has 2 heterocycles. The number of aliphatic carboxylic acids is 1. The molecule has 27 heavy (non-hydrogen) atoms. The quantitative estimate of drug-likeness (QED) is 0.774. The van der Waals surface area contributed by atoms with Crippen molar-refractivity contribution >= 4 is 21.9 Å². The van der Waals surface area contributed by atoms with E-state index >= 15 is 0 Å². The molecule has 8 nitrogen and oxygen atoms in total. The summed E-state index contributed by atoms with van der Waals surface area (Å²) < 4.78 is 32.5. The average Bonchev–Trinajstić information content (AvgIpc) is 3.12. The third-order valence-electron chi connectivity index (χ3n) is 5.23. The van der Waals surface area contributed by atoms with Crippen molar-refractivity contribution in [1.29, 1.82) is 0 Å². The van der Waals surface area contributed by atoms with Crippen molar-refractivity contribution < 1.29 is 27.9 Å². The van der Waals surface area contributed by atoms with Crippen LogP contribution < -0.4 is 5.32 Å². The largest absolute Gasteiger partial charge is 0.479 e. The zero-order valence-corrected chi connectivity index (χ0v) is 16.0. The Kier molecular flexibility index (Phi) is 5.55. The summed E-state index contributed by atoms with van der Waals surface area (Å²) in [6.45, 7) is 2.47. The van der Waals surface area contributed by atoms with Crippen molar-refractivity contribution in [2.24, 2.45) is 0 Å². The Morgan fingerprint density at radius 3 is 2.74 bits per heavy atom. The molecule has 2 fully saturated rings. The van der Waals surface area contributed by atoms with Crippen LogP contribution in [0.2, 0.25) is 0 Å². The number of rotatable bonds is 5. The first-order valence-electron chi connectivity index (χ1n) is 9.02. The number of hydrogen-bond donors (Lipinski definition) is 2. The summed E-state index contributed by atoms with van der Waals surface area (Å²) in [7, 11) is -3.71. The summed E-state index contributed by atoms with van der Waals surface area (Å²) in [5, 5.41) is 11.9. The molecule has 2 aliphatic rings. The molecule has 2 saturated heterocycles. The number of sulfonamides is 1. The molecule has 148 valence electrons. The Morgan fingerprint density at radius 1 is 1.33 bits per heavy atom. The minimum absolute atomic E-state index is 0.0379. The van der Waals surface area contributed by atoms with E-state index in [4.69, 9.17) is 4.74 Å². The van der Waals surface area contributed by atoms with Gasteiger partial charge < -0.3 is 15.2 Å². The molecular formula is C18H24N2O6S. The molecule has 0 spiro atoms. The third kappa shape index (κ3) is 3.85. The second-order valence-corrected chi connectivity index (χ2v) is 9.02. The lowest BCUT2D eigenvalue weighted by Gasteiger charge is -2.32. The summed E-state index contributed by atoms with van der Waals surface area (Å²) in [5.41, 5.74) is -1.37. The molecule has 2 atom stereocenters. The number of carbonyl (C=O) groups is 2. The molecule has 2 N–H and O–H groups in total. The van der Waals surface area contributed by atoms with Gasteiger partial charge in [-0.05, 0) is 38.0 Å². The average molecular weight is 396 g/mol. The number of piperidine rings is 1. The van der Waals surface area contributed by atoms with Gasteiger partial charge in [0.15, 0.2) is 5.54 Å². The number of ether oxygens (including phenoxy) is 1. The summed E-state index contributed by atoms with van der Waals surface area (Å²) in [6, 6.07) is 5.64. The molecule has 0 bridgehead atoms. The number of benzene rings is 1. The normalized spacial score (nSPS) is 26.6. The zero-order valence-electron chi connectivity index (χ0n) is 15.2. The monoisotopic (exact) mass is 396 g/mol. The fourth-order valence-corrected chi connectivity index (χ4v) is 5.28. The van der Waals surface area contributed by atoms with Crippen molar-refractivity contribution in [2.75, 3.05) is 19.8 Å². The predicted octanol–water partition coefficient (Wildman–Crippen LogP) is 1.22. The van der Waals surface area contributed by atoms with Crippen LogP contribution in [0, 0.1) is 0 Å². The number of nitrogens with one attached hydrogen (secondary N) is 1. The van der Waals surface area contributed by atoms with Crippen LogP contribution in [0.5, 0.6) is 0 Å². The maximum Gasteiger partial charge on any atom is 0.331 e. The van der Waals surface area contributed by atoms with Crippen molar-refractivity contribution in [3.8, 4) is 0 Å². The minimum Gasteiger partial charge on any atom is -0.479 e. The van der Waals surface area contributed by atoms with E-state index in [-0.39, 0.29) is 36.1 Å². The highest BCUT2D eigenvalue weighted by Crippen LogP contribution is 2.26. The van der Waals surface area contributed by atoms with Gasteiger partial charge >= 0.3 is 5.97 Å². The van der Waals surface area contributed by atoms with E-state index in [1.807, 2.05) is 6.92 Å². The van der Waals surface area contributed by atoms with Crippen molar-refractivity contribution in [1.82, 2.24) is 9.62 Å².